The molecule has 0 aliphatic heterocycles. The number of hydrogen-bond acceptors (Lipinski definition) is 1. The van der Waals surface area contributed by atoms with Gasteiger partial charge in [-0.05, 0) is 20.8 Å². The Labute approximate surface area is 93.8 Å². The Balaban J connectivity index is -0.000000126. The second-order valence-corrected chi connectivity index (χ2v) is 3.72. The average Bonchev–Trinajstić information content (AvgIpc) is 1.90. The van der Waals surface area contributed by atoms with E-state index in [0.29, 0.717) is 0 Å². The maximum Gasteiger partial charge on any atom is 0.0776 e. The van der Waals surface area contributed by atoms with Crippen LogP contribution in [0.5, 0.6) is 0 Å². The molecule has 0 aliphatic carbocycles. The zero-order valence-electron chi connectivity index (χ0n) is 8.98. The van der Waals surface area contributed by atoms with Gasteiger partial charge in [0.2, 0.25) is 0 Å². The number of nitriles is 1. The Bertz CT molecular complexity index is 115. The quantitative estimate of drug-likeness (QED) is 0.668. The summed E-state index contributed by atoms with van der Waals surface area (Å²) in [5, 5.41) is 8.15. The van der Waals surface area contributed by atoms with Crippen LogP contribution >= 0.6 is 0 Å². The summed E-state index contributed by atoms with van der Waals surface area (Å²) in [5.41, 5.74) is -0.153. The number of nitrogens with zero attached hydrogens (tertiary/aromatic N) is 1. The number of hydrogen-bond donors (Lipinski definition) is 0. The third-order valence-corrected chi connectivity index (χ3v) is 1.04. The maximum absolute atomic E-state index is 8.15. The van der Waals surface area contributed by atoms with E-state index in [0.717, 1.165) is 0 Å². The van der Waals surface area contributed by atoms with Gasteiger partial charge in [0.15, 0.2) is 0 Å². The molecule has 66 valence electrons. The third kappa shape index (κ3) is 31.6. The molecule has 1 nitrogen and oxygen atoms in total. The van der Waals surface area contributed by atoms with Crippen LogP contribution in [0.3, 0.4) is 0 Å². The molecule has 0 atom stereocenters. The van der Waals surface area contributed by atoms with E-state index < -0.39 is 0 Å². The van der Waals surface area contributed by atoms with Crippen molar-refractivity contribution in [3.8, 4) is 6.07 Å². The Morgan fingerprint density at radius 2 is 1.75 bits per heavy atom. The summed E-state index contributed by atoms with van der Waals surface area (Å²) in [6, 6.07) is 2.10. The van der Waals surface area contributed by atoms with Crippen molar-refractivity contribution in [2.75, 3.05) is 0 Å². The van der Waals surface area contributed by atoms with E-state index in [1.807, 2.05) is 20.8 Å². The molecular formula is C7H18B3NW. The second-order valence-electron chi connectivity index (χ2n) is 3.72. The maximum atomic E-state index is 8.15. The van der Waals surface area contributed by atoms with Gasteiger partial charge in [-0.3, -0.25) is 0 Å². The predicted octanol–water partition coefficient (Wildman–Crippen LogP) is 0.314. The molecule has 0 aliphatic rings. The van der Waals surface area contributed by atoms with Gasteiger partial charge in [-0.15, -0.1) is 0 Å². The second kappa shape index (κ2) is 11.4. The molecule has 0 saturated heterocycles. The van der Waals surface area contributed by atoms with E-state index in [9.17, 15) is 0 Å². The molecule has 0 heterocycles. The molecular weight excluding hydrogens is 314 g/mol. The zero-order valence-corrected chi connectivity index (χ0v) is 11.9. The number of rotatable bonds is 2. The zero-order chi connectivity index (χ0) is 9.33. The molecule has 0 rings (SSSR count). The van der Waals surface area contributed by atoms with E-state index in [1.54, 1.807) is 0 Å². The van der Waals surface area contributed by atoms with Crippen LogP contribution in [0.2, 0.25) is 6.32 Å². The molecule has 0 bridgehead atoms. The molecule has 0 aromatic rings. The van der Waals surface area contributed by atoms with Crippen molar-refractivity contribution in [2.45, 2.75) is 34.0 Å². The van der Waals surface area contributed by atoms with Crippen LogP contribution in [0.25, 0.3) is 0 Å². The van der Waals surface area contributed by atoms with E-state index in [-0.39, 0.29) is 26.5 Å². The minimum atomic E-state index is -0.153. The summed E-state index contributed by atoms with van der Waals surface area (Å²) in [5.74, 6) is 0. The van der Waals surface area contributed by atoms with Gasteiger partial charge in [0.25, 0.3) is 0 Å². The fraction of sp³-hybridized carbons (Fsp3) is 0.857. The Kier molecular flexibility index (Phi) is 17.3. The molecule has 0 saturated carbocycles. The Hall–Kier alpha value is 0.373. The van der Waals surface area contributed by atoms with Crippen molar-refractivity contribution in [1.82, 2.24) is 0 Å². The standard InChI is InChI=1S/C5H9N.C2H9B3.W/c1-5(2,3)4-6;1-2-4-5-3;/h1-3H3;4-5H,2-3H2,1H3;. The van der Waals surface area contributed by atoms with Crippen molar-refractivity contribution in [3.63, 3.8) is 0 Å². The fourth-order valence-corrected chi connectivity index (χ4v) is 0.354. The summed E-state index contributed by atoms with van der Waals surface area (Å²) >= 11 is 0. The van der Waals surface area contributed by atoms with Gasteiger partial charge in [-0.25, -0.2) is 0 Å². The van der Waals surface area contributed by atoms with Gasteiger partial charge in [0.05, 0.1) is 28.0 Å². The van der Waals surface area contributed by atoms with E-state index in [4.69, 9.17) is 5.26 Å². The molecule has 0 aromatic carbocycles. The van der Waals surface area contributed by atoms with Gasteiger partial charge < -0.3 is 0 Å². The minimum absolute atomic E-state index is 0. The first-order valence-corrected chi connectivity index (χ1v) is 4.39. The summed E-state index contributed by atoms with van der Waals surface area (Å²) < 4.78 is 0. The summed E-state index contributed by atoms with van der Waals surface area (Å²) in [4.78, 5) is 0. The summed E-state index contributed by atoms with van der Waals surface area (Å²) in [6.45, 7) is 7.86. The largest absolute Gasteiger partial charge is 0.198 e. The van der Waals surface area contributed by atoms with E-state index in [2.05, 4.69) is 20.7 Å². The molecule has 0 spiro atoms. The van der Waals surface area contributed by atoms with Crippen molar-refractivity contribution in [3.05, 3.63) is 0 Å². The Morgan fingerprint density at radius 3 is 1.75 bits per heavy atom. The van der Waals surface area contributed by atoms with Gasteiger partial charge in [-0.1, -0.05) is 13.2 Å². The van der Waals surface area contributed by atoms with Crippen LogP contribution in [-0.4, -0.2) is 22.0 Å². The van der Waals surface area contributed by atoms with Gasteiger partial charge >= 0.3 is 0 Å². The van der Waals surface area contributed by atoms with Crippen LogP contribution in [-0.2, 0) is 21.1 Å². The summed E-state index contributed by atoms with van der Waals surface area (Å²) in [7, 11) is 4.94. The molecule has 12 heavy (non-hydrogen) atoms. The van der Waals surface area contributed by atoms with Crippen molar-refractivity contribution in [2.24, 2.45) is 5.41 Å². The third-order valence-electron chi connectivity index (χ3n) is 1.04. The first-order valence-electron chi connectivity index (χ1n) is 4.39. The van der Waals surface area contributed by atoms with E-state index >= 15 is 0 Å². The normalized spacial score (nSPS) is 7.92. The van der Waals surface area contributed by atoms with E-state index in [1.165, 1.54) is 20.6 Å². The topological polar surface area (TPSA) is 23.8 Å². The fourth-order valence-electron chi connectivity index (χ4n) is 0.354. The molecule has 5 heteroatoms. The van der Waals surface area contributed by atoms with Crippen LogP contribution in [0.1, 0.15) is 27.7 Å². The molecule has 0 aromatic heterocycles. The van der Waals surface area contributed by atoms with Crippen LogP contribution in [0.4, 0.5) is 0 Å². The monoisotopic (exact) mass is 333 g/mol. The summed E-state index contributed by atoms with van der Waals surface area (Å²) in [6.07, 6.45) is 1.34. The van der Waals surface area contributed by atoms with Crippen molar-refractivity contribution in [1.29, 1.82) is 5.26 Å². The van der Waals surface area contributed by atoms with Crippen LogP contribution in [0, 0.1) is 16.7 Å². The van der Waals surface area contributed by atoms with Crippen LogP contribution < -0.4 is 0 Å². The smallest absolute Gasteiger partial charge is 0.0776 e. The minimum Gasteiger partial charge on any atom is -0.198 e. The molecule has 0 radical (unpaired) electrons. The first-order chi connectivity index (χ1) is 4.97. The molecule has 0 amide bonds. The predicted molar refractivity (Wildman–Crippen MR) is 58.4 cm³/mol. The Morgan fingerprint density at radius 1 is 1.42 bits per heavy atom. The van der Waals surface area contributed by atoms with Crippen molar-refractivity contribution >= 4 is 22.0 Å². The van der Waals surface area contributed by atoms with Crippen LogP contribution in [0.15, 0.2) is 0 Å². The van der Waals surface area contributed by atoms with Crippen molar-refractivity contribution < 1.29 is 21.1 Å². The van der Waals surface area contributed by atoms with Gasteiger partial charge in [0, 0.05) is 26.5 Å². The molecule has 0 N–H and O–H groups in total. The molecule has 0 unspecified atom stereocenters. The SMILES string of the molecule is BBBCC.CC(C)(C)C#N.[W]. The average molecular weight is 333 g/mol. The van der Waals surface area contributed by atoms with Gasteiger partial charge in [-0.2, -0.15) is 5.26 Å². The molecule has 0 fully saturated rings. The first kappa shape index (κ1) is 18.2. The van der Waals surface area contributed by atoms with Gasteiger partial charge in [0.1, 0.15) is 0 Å².